The molecule has 1 aliphatic carbocycles. The van der Waals surface area contributed by atoms with Crippen LogP contribution in [0.5, 0.6) is 11.5 Å². The Hall–Kier alpha value is -2.24. The molecule has 0 spiro atoms. The summed E-state index contributed by atoms with van der Waals surface area (Å²) in [5.74, 6) is 0.311. The summed E-state index contributed by atoms with van der Waals surface area (Å²) in [6, 6.07) is 5.52. The number of methoxy groups -OCH3 is 2. The molecule has 0 radical (unpaired) electrons. The molecule has 0 bridgehead atoms. The molecule has 1 aromatic carbocycles. The Morgan fingerprint density at radius 1 is 1.23 bits per heavy atom. The number of benzene rings is 1. The van der Waals surface area contributed by atoms with Crippen LogP contribution in [0.4, 0.5) is 0 Å². The van der Waals surface area contributed by atoms with E-state index in [2.05, 4.69) is 5.32 Å². The number of aliphatic carboxylic acids is 1. The predicted octanol–water partition coefficient (Wildman–Crippen LogP) is 1.62. The van der Waals surface area contributed by atoms with Gasteiger partial charge in [-0.1, -0.05) is 6.07 Å². The first kappa shape index (κ1) is 16.1. The van der Waals surface area contributed by atoms with E-state index in [1.807, 2.05) is 12.1 Å². The van der Waals surface area contributed by atoms with Crippen LogP contribution in [0.25, 0.3) is 0 Å². The van der Waals surface area contributed by atoms with E-state index < -0.39 is 11.4 Å². The van der Waals surface area contributed by atoms with Gasteiger partial charge in [-0.15, -0.1) is 0 Å². The van der Waals surface area contributed by atoms with E-state index in [1.54, 1.807) is 20.3 Å². The summed E-state index contributed by atoms with van der Waals surface area (Å²) < 4.78 is 10.4. The molecule has 0 atom stereocenters. The van der Waals surface area contributed by atoms with Crippen LogP contribution < -0.4 is 14.8 Å². The molecule has 0 saturated heterocycles. The SMILES string of the molecule is COc1ccc(CCC(=O)NCC2(C(=O)O)CC2)cc1OC. The Bertz CT molecular complexity index is 566. The fraction of sp³-hybridized carbons (Fsp3) is 0.500. The average molecular weight is 307 g/mol. The Labute approximate surface area is 129 Å². The van der Waals surface area contributed by atoms with Gasteiger partial charge < -0.3 is 19.9 Å². The third-order valence-corrected chi connectivity index (χ3v) is 4.02. The fourth-order valence-electron chi connectivity index (χ4n) is 2.27. The van der Waals surface area contributed by atoms with E-state index >= 15 is 0 Å². The second kappa shape index (κ2) is 6.68. The summed E-state index contributed by atoms with van der Waals surface area (Å²) in [4.78, 5) is 22.9. The molecule has 6 heteroatoms. The monoisotopic (exact) mass is 307 g/mol. The van der Waals surface area contributed by atoms with Crippen molar-refractivity contribution < 1.29 is 24.2 Å². The molecular weight excluding hydrogens is 286 g/mol. The Balaban J connectivity index is 1.82. The summed E-state index contributed by atoms with van der Waals surface area (Å²) in [6.45, 7) is 0.215. The zero-order valence-electron chi connectivity index (χ0n) is 12.8. The largest absolute Gasteiger partial charge is 0.493 e. The van der Waals surface area contributed by atoms with Crippen LogP contribution in [0, 0.1) is 5.41 Å². The number of hydrogen-bond acceptors (Lipinski definition) is 4. The lowest BCUT2D eigenvalue weighted by Gasteiger charge is -2.12. The topological polar surface area (TPSA) is 84.9 Å². The van der Waals surface area contributed by atoms with Crippen molar-refractivity contribution in [1.29, 1.82) is 0 Å². The number of carboxylic acid groups (broad SMARTS) is 1. The molecule has 1 aliphatic rings. The molecule has 6 nitrogen and oxygen atoms in total. The van der Waals surface area contributed by atoms with Crippen molar-refractivity contribution in [2.45, 2.75) is 25.7 Å². The zero-order valence-corrected chi connectivity index (χ0v) is 12.8. The number of nitrogens with one attached hydrogen (secondary N) is 1. The molecule has 2 rings (SSSR count). The Morgan fingerprint density at radius 2 is 1.91 bits per heavy atom. The first-order valence-corrected chi connectivity index (χ1v) is 7.22. The lowest BCUT2D eigenvalue weighted by atomic mass is 10.1. The van der Waals surface area contributed by atoms with Crippen LogP contribution in [-0.4, -0.2) is 37.7 Å². The number of carbonyl (C=O) groups excluding carboxylic acids is 1. The Morgan fingerprint density at radius 3 is 2.45 bits per heavy atom. The van der Waals surface area contributed by atoms with E-state index in [0.29, 0.717) is 37.2 Å². The lowest BCUT2D eigenvalue weighted by molar-refractivity contribution is -0.143. The molecule has 1 amide bonds. The summed E-state index contributed by atoms with van der Waals surface area (Å²) in [5, 5.41) is 11.8. The molecule has 0 aromatic heterocycles. The summed E-state index contributed by atoms with van der Waals surface area (Å²) in [5.41, 5.74) is 0.242. The van der Waals surface area contributed by atoms with E-state index in [4.69, 9.17) is 14.6 Å². The molecule has 22 heavy (non-hydrogen) atoms. The maximum Gasteiger partial charge on any atom is 0.311 e. The van der Waals surface area contributed by atoms with Crippen molar-refractivity contribution >= 4 is 11.9 Å². The van der Waals surface area contributed by atoms with Gasteiger partial charge in [0.15, 0.2) is 11.5 Å². The second-order valence-corrected chi connectivity index (χ2v) is 5.55. The molecular formula is C16H21NO5. The summed E-state index contributed by atoms with van der Waals surface area (Å²) in [7, 11) is 3.14. The van der Waals surface area contributed by atoms with Gasteiger partial charge in [0.25, 0.3) is 0 Å². The van der Waals surface area contributed by atoms with Gasteiger partial charge in [-0.3, -0.25) is 9.59 Å². The lowest BCUT2D eigenvalue weighted by Crippen LogP contribution is -2.34. The van der Waals surface area contributed by atoms with Gasteiger partial charge in [-0.25, -0.2) is 0 Å². The van der Waals surface area contributed by atoms with Gasteiger partial charge >= 0.3 is 5.97 Å². The van der Waals surface area contributed by atoms with Crippen LogP contribution in [-0.2, 0) is 16.0 Å². The summed E-state index contributed by atoms with van der Waals surface area (Å²) >= 11 is 0. The van der Waals surface area contributed by atoms with Crippen molar-refractivity contribution in [2.75, 3.05) is 20.8 Å². The molecule has 120 valence electrons. The number of carboxylic acids is 1. The minimum absolute atomic E-state index is 0.137. The van der Waals surface area contributed by atoms with Gasteiger partial charge in [0.2, 0.25) is 5.91 Å². The number of hydrogen-bond donors (Lipinski definition) is 2. The van der Waals surface area contributed by atoms with Crippen LogP contribution in [0.2, 0.25) is 0 Å². The quantitative estimate of drug-likeness (QED) is 0.762. The smallest absolute Gasteiger partial charge is 0.311 e. The van der Waals surface area contributed by atoms with Crippen molar-refractivity contribution in [3.05, 3.63) is 23.8 Å². The van der Waals surface area contributed by atoms with E-state index in [0.717, 1.165) is 5.56 Å². The van der Waals surface area contributed by atoms with Gasteiger partial charge in [0.05, 0.1) is 19.6 Å². The number of rotatable bonds is 8. The highest BCUT2D eigenvalue weighted by Crippen LogP contribution is 2.45. The highest BCUT2D eigenvalue weighted by atomic mass is 16.5. The second-order valence-electron chi connectivity index (χ2n) is 5.55. The van der Waals surface area contributed by atoms with Crippen molar-refractivity contribution in [1.82, 2.24) is 5.32 Å². The Kier molecular flexibility index (Phi) is 4.90. The molecule has 0 heterocycles. The molecule has 0 aliphatic heterocycles. The number of ether oxygens (including phenoxy) is 2. The first-order chi connectivity index (χ1) is 10.5. The third-order valence-electron chi connectivity index (χ3n) is 4.02. The van der Waals surface area contributed by atoms with Gasteiger partial charge in [0.1, 0.15) is 0 Å². The maximum absolute atomic E-state index is 11.8. The number of carbonyl (C=O) groups is 2. The van der Waals surface area contributed by atoms with Crippen LogP contribution in [0.1, 0.15) is 24.8 Å². The number of aryl methyl sites for hydroxylation is 1. The molecule has 1 fully saturated rings. The summed E-state index contributed by atoms with van der Waals surface area (Å²) in [6.07, 6.45) is 2.15. The first-order valence-electron chi connectivity index (χ1n) is 7.22. The molecule has 1 saturated carbocycles. The van der Waals surface area contributed by atoms with Gasteiger partial charge in [0, 0.05) is 13.0 Å². The standard InChI is InChI=1S/C16H21NO5/c1-21-12-5-3-11(9-13(12)22-2)4-6-14(18)17-10-16(7-8-16)15(19)20/h3,5,9H,4,6-8,10H2,1-2H3,(H,17,18)(H,19,20). The molecule has 1 aromatic rings. The highest BCUT2D eigenvalue weighted by molar-refractivity contribution is 5.81. The van der Waals surface area contributed by atoms with Crippen LogP contribution in [0.3, 0.4) is 0 Å². The van der Waals surface area contributed by atoms with E-state index in [-0.39, 0.29) is 12.5 Å². The highest BCUT2D eigenvalue weighted by Gasteiger charge is 2.50. The van der Waals surface area contributed by atoms with Crippen LogP contribution >= 0.6 is 0 Å². The van der Waals surface area contributed by atoms with Crippen LogP contribution in [0.15, 0.2) is 18.2 Å². The van der Waals surface area contributed by atoms with Crippen molar-refractivity contribution in [2.24, 2.45) is 5.41 Å². The molecule has 0 unspecified atom stereocenters. The van der Waals surface area contributed by atoms with Gasteiger partial charge in [-0.2, -0.15) is 0 Å². The minimum atomic E-state index is -0.826. The fourth-order valence-corrected chi connectivity index (χ4v) is 2.27. The normalized spacial score (nSPS) is 15.0. The van der Waals surface area contributed by atoms with Gasteiger partial charge in [-0.05, 0) is 37.0 Å². The minimum Gasteiger partial charge on any atom is -0.493 e. The zero-order chi connectivity index (χ0) is 16.2. The van der Waals surface area contributed by atoms with Crippen molar-refractivity contribution in [3.8, 4) is 11.5 Å². The van der Waals surface area contributed by atoms with Crippen molar-refractivity contribution in [3.63, 3.8) is 0 Å². The maximum atomic E-state index is 11.8. The van der Waals surface area contributed by atoms with E-state index in [9.17, 15) is 9.59 Å². The molecule has 2 N–H and O–H groups in total. The average Bonchev–Trinajstić information content (AvgIpc) is 3.32. The number of amides is 1. The predicted molar refractivity (Wildman–Crippen MR) is 80.2 cm³/mol. The third kappa shape index (κ3) is 3.69. The van der Waals surface area contributed by atoms with E-state index in [1.165, 1.54) is 0 Å².